The van der Waals surface area contributed by atoms with Crippen molar-refractivity contribution < 1.29 is 39.9 Å². The average Bonchev–Trinajstić information content (AvgIpc) is 3.05. The Morgan fingerprint density at radius 2 is 0.579 bits per heavy atom. The van der Waals surface area contributed by atoms with E-state index in [1.807, 2.05) is 36.4 Å². The molecule has 0 amide bonds. The van der Waals surface area contributed by atoms with Gasteiger partial charge in [-0.05, 0) is 0 Å². The molecular weight excluding hydrogens is 373 g/mol. The van der Waals surface area contributed by atoms with Gasteiger partial charge in [-0.2, -0.15) is 53.1 Å². The Labute approximate surface area is 149 Å². The van der Waals surface area contributed by atoms with E-state index >= 15 is 0 Å². The van der Waals surface area contributed by atoms with E-state index in [-0.39, 0.29) is 39.9 Å². The van der Waals surface area contributed by atoms with Crippen LogP contribution in [0.5, 0.6) is 0 Å². The molecule has 19 heavy (non-hydrogen) atoms. The molecule has 101 valence electrons. The molecule has 1 radical (unpaired) electrons. The SMILES string of the molecule is C[c-]1cccc1.C[c-]1cccc1.C[c-]1cccc1.[Gd+3]. The molecule has 0 saturated heterocycles. The molecule has 0 nitrogen and oxygen atoms in total. The summed E-state index contributed by atoms with van der Waals surface area (Å²) in [6.45, 7) is 6.25. The molecule has 0 saturated carbocycles. The molecular formula is C18H21Gd. The Hall–Kier alpha value is -0.625. The topological polar surface area (TPSA) is 0 Å². The molecule has 0 atom stereocenters. The molecule has 0 fully saturated rings. The van der Waals surface area contributed by atoms with Gasteiger partial charge >= 0.3 is 39.9 Å². The number of aryl methyl sites for hydroxylation is 3. The molecule has 3 rings (SSSR count). The van der Waals surface area contributed by atoms with Crippen molar-refractivity contribution in [2.24, 2.45) is 0 Å². The van der Waals surface area contributed by atoms with Crippen LogP contribution in [0.25, 0.3) is 0 Å². The first-order valence-corrected chi connectivity index (χ1v) is 6.23. The number of hydrogen-bond donors (Lipinski definition) is 0. The van der Waals surface area contributed by atoms with Gasteiger partial charge in [0.25, 0.3) is 0 Å². The Balaban J connectivity index is 0.000000249. The van der Waals surface area contributed by atoms with Crippen molar-refractivity contribution in [3.8, 4) is 0 Å². The van der Waals surface area contributed by atoms with Crippen LogP contribution in [-0.2, 0) is 0 Å². The van der Waals surface area contributed by atoms with Gasteiger partial charge in [-0.15, -0.1) is 0 Å². The maximum atomic E-state index is 2.08. The maximum Gasteiger partial charge on any atom is 3.00 e. The van der Waals surface area contributed by atoms with Crippen LogP contribution in [0.1, 0.15) is 16.7 Å². The Morgan fingerprint density at radius 1 is 0.421 bits per heavy atom. The van der Waals surface area contributed by atoms with E-state index in [0.29, 0.717) is 0 Å². The van der Waals surface area contributed by atoms with E-state index in [4.69, 9.17) is 0 Å². The van der Waals surface area contributed by atoms with Crippen LogP contribution < -0.4 is 0 Å². The Morgan fingerprint density at radius 3 is 0.632 bits per heavy atom. The Bertz CT molecular complexity index is 393. The quantitative estimate of drug-likeness (QED) is 0.463. The zero-order valence-electron chi connectivity index (χ0n) is 11.8. The molecule has 3 aromatic carbocycles. The fourth-order valence-corrected chi connectivity index (χ4v) is 1.41. The van der Waals surface area contributed by atoms with Crippen molar-refractivity contribution in [1.29, 1.82) is 0 Å². The second kappa shape index (κ2) is 11.2. The van der Waals surface area contributed by atoms with E-state index in [0.717, 1.165) is 0 Å². The van der Waals surface area contributed by atoms with Gasteiger partial charge in [0.2, 0.25) is 0 Å². The molecule has 0 spiro atoms. The van der Waals surface area contributed by atoms with Crippen molar-refractivity contribution >= 4 is 0 Å². The minimum Gasteiger partial charge on any atom is -0.213 e. The molecule has 0 aromatic heterocycles. The first-order valence-electron chi connectivity index (χ1n) is 6.23. The van der Waals surface area contributed by atoms with Crippen LogP contribution >= 0.6 is 0 Å². The summed E-state index contributed by atoms with van der Waals surface area (Å²) in [6.07, 6.45) is 0. The Kier molecular flexibility index (Phi) is 10.9. The van der Waals surface area contributed by atoms with E-state index in [1.165, 1.54) is 16.7 Å². The fourth-order valence-electron chi connectivity index (χ4n) is 1.41. The minimum absolute atomic E-state index is 0. The predicted molar refractivity (Wildman–Crippen MR) is 80.3 cm³/mol. The minimum atomic E-state index is 0. The zero-order valence-corrected chi connectivity index (χ0v) is 14.1. The summed E-state index contributed by atoms with van der Waals surface area (Å²) in [7, 11) is 0. The van der Waals surface area contributed by atoms with Crippen molar-refractivity contribution in [3.63, 3.8) is 0 Å². The van der Waals surface area contributed by atoms with Gasteiger partial charge in [-0.25, -0.2) is 36.4 Å². The van der Waals surface area contributed by atoms with E-state index < -0.39 is 0 Å². The van der Waals surface area contributed by atoms with Crippen LogP contribution in [0, 0.1) is 60.7 Å². The standard InChI is InChI=1S/3C6H7.Gd/c3*1-6-4-2-3-5-6;/h3*2-5H,1H3;/q3*-1;+3. The third-order valence-electron chi connectivity index (χ3n) is 2.49. The second-order valence-corrected chi connectivity index (χ2v) is 4.39. The van der Waals surface area contributed by atoms with Gasteiger partial charge < -0.3 is 0 Å². The normalized spacial score (nSPS) is 8.37. The van der Waals surface area contributed by atoms with Gasteiger partial charge in [0.05, 0.1) is 0 Å². The molecule has 0 N–H and O–H groups in total. The number of rotatable bonds is 0. The van der Waals surface area contributed by atoms with Gasteiger partial charge in [-0.3, -0.25) is 0 Å². The summed E-state index contributed by atoms with van der Waals surface area (Å²) in [5.41, 5.74) is 4.03. The average molecular weight is 395 g/mol. The largest absolute Gasteiger partial charge is 3.00 e. The van der Waals surface area contributed by atoms with Crippen LogP contribution in [-0.4, -0.2) is 0 Å². The third-order valence-corrected chi connectivity index (χ3v) is 2.49. The van der Waals surface area contributed by atoms with Crippen molar-refractivity contribution in [1.82, 2.24) is 0 Å². The van der Waals surface area contributed by atoms with E-state index in [2.05, 4.69) is 57.2 Å². The molecule has 0 heterocycles. The molecule has 0 aliphatic carbocycles. The first-order chi connectivity index (χ1) is 8.68. The molecule has 0 aliphatic rings. The summed E-state index contributed by atoms with van der Waals surface area (Å²) in [6, 6.07) is 24.7. The molecule has 1 heteroatoms. The summed E-state index contributed by atoms with van der Waals surface area (Å²) >= 11 is 0. The van der Waals surface area contributed by atoms with Crippen LogP contribution in [0.3, 0.4) is 0 Å². The van der Waals surface area contributed by atoms with Crippen molar-refractivity contribution in [2.75, 3.05) is 0 Å². The first kappa shape index (κ1) is 18.4. The summed E-state index contributed by atoms with van der Waals surface area (Å²) < 4.78 is 0. The third kappa shape index (κ3) is 9.89. The molecule has 0 unspecified atom stereocenters. The number of hydrogen-bond acceptors (Lipinski definition) is 0. The maximum absolute atomic E-state index is 2.08. The summed E-state index contributed by atoms with van der Waals surface area (Å²) in [4.78, 5) is 0. The van der Waals surface area contributed by atoms with Crippen LogP contribution in [0.4, 0.5) is 0 Å². The fraction of sp³-hybridized carbons (Fsp3) is 0.167. The smallest absolute Gasteiger partial charge is 0.213 e. The second-order valence-electron chi connectivity index (χ2n) is 4.39. The van der Waals surface area contributed by atoms with E-state index in [1.54, 1.807) is 0 Å². The van der Waals surface area contributed by atoms with Gasteiger partial charge in [0.1, 0.15) is 0 Å². The van der Waals surface area contributed by atoms with Crippen LogP contribution in [0.15, 0.2) is 72.8 Å². The van der Waals surface area contributed by atoms with Crippen molar-refractivity contribution in [2.45, 2.75) is 20.8 Å². The van der Waals surface area contributed by atoms with E-state index in [9.17, 15) is 0 Å². The molecule has 0 bridgehead atoms. The van der Waals surface area contributed by atoms with Gasteiger partial charge in [0.15, 0.2) is 0 Å². The molecule has 3 aromatic rings. The van der Waals surface area contributed by atoms with Gasteiger partial charge in [-0.1, -0.05) is 20.8 Å². The van der Waals surface area contributed by atoms with Crippen LogP contribution in [0.2, 0.25) is 0 Å². The van der Waals surface area contributed by atoms with Gasteiger partial charge in [0, 0.05) is 0 Å². The zero-order chi connectivity index (χ0) is 13.2. The summed E-state index contributed by atoms with van der Waals surface area (Å²) in [5, 5.41) is 0. The monoisotopic (exact) mass is 395 g/mol. The molecule has 0 aliphatic heterocycles. The van der Waals surface area contributed by atoms with Crippen molar-refractivity contribution in [3.05, 3.63) is 89.5 Å². The predicted octanol–water partition coefficient (Wildman–Crippen LogP) is 5.14. The summed E-state index contributed by atoms with van der Waals surface area (Å²) in [5.74, 6) is 0.